The van der Waals surface area contributed by atoms with Crippen LogP contribution in [0.15, 0.2) is 48.5 Å². The first-order chi connectivity index (χ1) is 11.4. The molecule has 0 bridgehead atoms. The number of ether oxygens (including phenoxy) is 2. The summed E-state index contributed by atoms with van der Waals surface area (Å²) in [6, 6.07) is 13.7. The Morgan fingerprint density at radius 2 is 1.71 bits per heavy atom. The molecule has 0 atom stereocenters. The van der Waals surface area contributed by atoms with Crippen molar-refractivity contribution in [3.05, 3.63) is 65.2 Å². The molecular weight excluding hydrogens is 328 g/mol. The topological polar surface area (TPSA) is 69.7 Å². The van der Waals surface area contributed by atoms with E-state index in [1.165, 1.54) is 6.26 Å². The molecule has 0 fully saturated rings. The van der Waals surface area contributed by atoms with E-state index in [4.69, 9.17) is 9.47 Å². The van der Waals surface area contributed by atoms with Crippen molar-refractivity contribution in [2.75, 3.05) is 12.9 Å². The summed E-state index contributed by atoms with van der Waals surface area (Å²) in [5, 5.41) is 0. The van der Waals surface area contributed by atoms with E-state index in [1.54, 1.807) is 24.3 Å². The summed E-state index contributed by atoms with van der Waals surface area (Å²) in [4.78, 5) is 12.1. The number of hydrogen-bond acceptors (Lipinski definition) is 5. The molecule has 0 aliphatic heterocycles. The van der Waals surface area contributed by atoms with Crippen LogP contribution in [0.1, 0.15) is 28.4 Å². The zero-order valence-corrected chi connectivity index (χ0v) is 14.5. The normalized spacial score (nSPS) is 11.1. The van der Waals surface area contributed by atoms with Crippen molar-refractivity contribution in [2.24, 2.45) is 0 Å². The summed E-state index contributed by atoms with van der Waals surface area (Å²) in [6.07, 6.45) is 1.17. The number of carbonyl (C=O) groups excluding carboxylic acids is 1. The third kappa shape index (κ3) is 5.38. The number of sulfone groups is 1. The van der Waals surface area contributed by atoms with E-state index in [2.05, 4.69) is 0 Å². The van der Waals surface area contributed by atoms with E-state index in [1.807, 2.05) is 31.2 Å². The lowest BCUT2D eigenvalue weighted by molar-refractivity contribution is 0.0469. The summed E-state index contributed by atoms with van der Waals surface area (Å²) in [5.74, 6) is 0.174. The second-order valence-corrected chi connectivity index (χ2v) is 7.52. The van der Waals surface area contributed by atoms with Crippen molar-refractivity contribution >= 4 is 15.8 Å². The van der Waals surface area contributed by atoms with Crippen molar-refractivity contribution in [2.45, 2.75) is 19.3 Å². The van der Waals surface area contributed by atoms with Crippen molar-refractivity contribution in [3.63, 3.8) is 0 Å². The molecule has 24 heavy (non-hydrogen) atoms. The van der Waals surface area contributed by atoms with Gasteiger partial charge in [-0.15, -0.1) is 0 Å². The van der Waals surface area contributed by atoms with E-state index in [0.29, 0.717) is 23.5 Å². The number of carbonyl (C=O) groups is 1. The Morgan fingerprint density at radius 1 is 1.04 bits per heavy atom. The van der Waals surface area contributed by atoms with E-state index < -0.39 is 15.8 Å². The molecule has 5 nitrogen and oxygen atoms in total. The third-order valence-electron chi connectivity index (χ3n) is 3.25. The van der Waals surface area contributed by atoms with Gasteiger partial charge in [0.25, 0.3) is 0 Å². The second kappa shape index (κ2) is 7.97. The molecule has 0 saturated heterocycles. The molecule has 0 aliphatic rings. The standard InChI is InChI=1S/C18H20O5S/c1-3-22-17-7-5-4-6-16(17)12-23-18(19)15-10-8-14(9-11-15)13-24(2,20)21/h4-11H,3,12-13H2,1-2H3. The number of hydrogen-bond donors (Lipinski definition) is 0. The molecule has 0 amide bonds. The van der Waals surface area contributed by atoms with Gasteiger partial charge in [-0.2, -0.15) is 0 Å². The van der Waals surface area contributed by atoms with Crippen LogP contribution in [0, 0.1) is 0 Å². The highest BCUT2D eigenvalue weighted by Gasteiger charge is 2.11. The highest BCUT2D eigenvalue weighted by Crippen LogP contribution is 2.19. The van der Waals surface area contributed by atoms with Crippen LogP contribution in [-0.2, 0) is 26.9 Å². The average Bonchev–Trinajstić information content (AvgIpc) is 2.53. The maximum Gasteiger partial charge on any atom is 0.338 e. The molecule has 128 valence electrons. The van der Waals surface area contributed by atoms with Crippen molar-refractivity contribution < 1.29 is 22.7 Å². The van der Waals surface area contributed by atoms with Crippen LogP contribution in [0.25, 0.3) is 0 Å². The fourth-order valence-electron chi connectivity index (χ4n) is 2.19. The van der Waals surface area contributed by atoms with E-state index in [9.17, 15) is 13.2 Å². The Hall–Kier alpha value is -2.34. The molecule has 0 aromatic heterocycles. The van der Waals surface area contributed by atoms with E-state index in [-0.39, 0.29) is 12.4 Å². The van der Waals surface area contributed by atoms with E-state index >= 15 is 0 Å². The van der Waals surface area contributed by atoms with Gasteiger partial charge < -0.3 is 9.47 Å². The van der Waals surface area contributed by atoms with Gasteiger partial charge in [-0.1, -0.05) is 30.3 Å². The molecule has 6 heteroatoms. The molecule has 0 saturated carbocycles. The van der Waals surface area contributed by atoms with Gasteiger partial charge in [0.15, 0.2) is 9.84 Å². The molecule has 0 spiro atoms. The highest BCUT2D eigenvalue weighted by atomic mass is 32.2. The predicted molar refractivity (Wildman–Crippen MR) is 91.7 cm³/mol. The van der Waals surface area contributed by atoms with Crippen molar-refractivity contribution in [3.8, 4) is 5.75 Å². The van der Waals surface area contributed by atoms with Gasteiger partial charge in [-0.25, -0.2) is 13.2 Å². The Labute approximate surface area is 142 Å². The summed E-state index contributed by atoms with van der Waals surface area (Å²) < 4.78 is 33.3. The van der Waals surface area contributed by atoms with Gasteiger partial charge in [0.1, 0.15) is 12.4 Å². The number of para-hydroxylation sites is 1. The van der Waals surface area contributed by atoms with Gasteiger partial charge in [0, 0.05) is 11.8 Å². The lowest BCUT2D eigenvalue weighted by Gasteiger charge is -2.10. The lowest BCUT2D eigenvalue weighted by Crippen LogP contribution is -2.07. The fourth-order valence-corrected chi connectivity index (χ4v) is 2.98. The van der Waals surface area contributed by atoms with Crippen LogP contribution in [0.2, 0.25) is 0 Å². The molecule has 2 rings (SSSR count). The maximum absolute atomic E-state index is 12.1. The second-order valence-electron chi connectivity index (χ2n) is 5.38. The van der Waals surface area contributed by atoms with Crippen molar-refractivity contribution in [1.82, 2.24) is 0 Å². The van der Waals surface area contributed by atoms with Gasteiger partial charge >= 0.3 is 5.97 Å². The molecular formula is C18H20O5S. The van der Waals surface area contributed by atoms with Crippen molar-refractivity contribution in [1.29, 1.82) is 0 Å². The van der Waals surface area contributed by atoms with Gasteiger partial charge in [-0.05, 0) is 30.7 Å². The zero-order chi connectivity index (χ0) is 17.6. The largest absolute Gasteiger partial charge is 0.493 e. The highest BCUT2D eigenvalue weighted by molar-refractivity contribution is 7.89. The molecule has 2 aromatic rings. The molecule has 0 N–H and O–H groups in total. The smallest absolute Gasteiger partial charge is 0.338 e. The minimum absolute atomic E-state index is 0.0515. The summed E-state index contributed by atoms with van der Waals surface area (Å²) in [6.45, 7) is 2.54. The molecule has 0 unspecified atom stereocenters. The third-order valence-corrected chi connectivity index (χ3v) is 4.11. The van der Waals surface area contributed by atoms with Crippen LogP contribution >= 0.6 is 0 Å². The Bertz CT molecular complexity index is 794. The number of esters is 1. The molecule has 2 aromatic carbocycles. The fraction of sp³-hybridized carbons (Fsp3) is 0.278. The first-order valence-electron chi connectivity index (χ1n) is 7.53. The minimum Gasteiger partial charge on any atom is -0.493 e. The minimum atomic E-state index is -3.10. The van der Waals surface area contributed by atoms with Gasteiger partial charge in [-0.3, -0.25) is 0 Å². The summed E-state index contributed by atoms with van der Waals surface area (Å²) >= 11 is 0. The quantitative estimate of drug-likeness (QED) is 0.720. The molecule has 0 aliphatic carbocycles. The van der Waals surface area contributed by atoms with Crippen LogP contribution in [-0.4, -0.2) is 27.2 Å². The van der Waals surface area contributed by atoms with Crippen LogP contribution < -0.4 is 4.74 Å². The molecule has 0 heterocycles. The Balaban J connectivity index is 2.00. The summed E-state index contributed by atoms with van der Waals surface area (Å²) in [5.41, 5.74) is 1.80. The van der Waals surface area contributed by atoms with Crippen LogP contribution in [0.5, 0.6) is 5.75 Å². The molecule has 0 radical (unpaired) electrons. The Kier molecular flexibility index (Phi) is 5.98. The predicted octanol–water partition coefficient (Wildman–Crippen LogP) is 2.99. The maximum atomic E-state index is 12.1. The van der Waals surface area contributed by atoms with E-state index in [0.717, 1.165) is 5.56 Å². The summed E-state index contributed by atoms with van der Waals surface area (Å²) in [7, 11) is -3.10. The number of benzene rings is 2. The Morgan fingerprint density at radius 3 is 2.33 bits per heavy atom. The first kappa shape index (κ1) is 18.0. The van der Waals surface area contributed by atoms with Gasteiger partial charge in [0.05, 0.1) is 17.9 Å². The lowest BCUT2D eigenvalue weighted by atomic mass is 10.1. The first-order valence-corrected chi connectivity index (χ1v) is 9.59. The van der Waals surface area contributed by atoms with Gasteiger partial charge in [0.2, 0.25) is 0 Å². The number of rotatable bonds is 7. The van der Waals surface area contributed by atoms with Crippen LogP contribution in [0.3, 0.4) is 0 Å². The average molecular weight is 348 g/mol. The zero-order valence-electron chi connectivity index (χ0n) is 13.7. The monoisotopic (exact) mass is 348 g/mol. The SMILES string of the molecule is CCOc1ccccc1COC(=O)c1ccc(CS(C)(=O)=O)cc1. The van der Waals surface area contributed by atoms with Crippen LogP contribution in [0.4, 0.5) is 0 Å².